The molecule has 3 aliphatic heterocycles. The third-order valence-electron chi connectivity index (χ3n) is 8.00. The average Bonchev–Trinajstić information content (AvgIpc) is 3.52. The minimum absolute atomic E-state index is 0.204. The van der Waals surface area contributed by atoms with Crippen LogP contribution < -0.4 is 15.1 Å². The van der Waals surface area contributed by atoms with Gasteiger partial charge < -0.3 is 20.0 Å². The monoisotopic (exact) mass is 512 g/mol. The van der Waals surface area contributed by atoms with Gasteiger partial charge in [0, 0.05) is 61.5 Å². The number of aromatic nitrogens is 8. The molecule has 3 aliphatic rings. The van der Waals surface area contributed by atoms with Crippen LogP contribution in [0.15, 0.2) is 41.9 Å². The van der Waals surface area contributed by atoms with Gasteiger partial charge in [-0.1, -0.05) is 5.10 Å². The molecular weight excluding hydrogens is 484 g/mol. The third kappa shape index (κ3) is 3.38. The molecule has 0 unspecified atom stereocenters. The van der Waals surface area contributed by atoms with Gasteiger partial charge in [0.2, 0.25) is 5.95 Å². The lowest BCUT2D eigenvalue weighted by Gasteiger charge is -2.59. The van der Waals surface area contributed by atoms with E-state index in [0.29, 0.717) is 22.6 Å². The van der Waals surface area contributed by atoms with E-state index >= 15 is 0 Å². The van der Waals surface area contributed by atoms with E-state index in [-0.39, 0.29) is 11.9 Å². The first-order chi connectivity index (χ1) is 18.3. The van der Waals surface area contributed by atoms with E-state index < -0.39 is 0 Å². The predicted octanol–water partition coefficient (Wildman–Crippen LogP) is 1.68. The Morgan fingerprint density at radius 1 is 1.13 bits per heavy atom. The first kappa shape index (κ1) is 22.8. The van der Waals surface area contributed by atoms with Crippen LogP contribution in [0.4, 0.5) is 17.5 Å². The van der Waals surface area contributed by atoms with Crippen LogP contribution in [0.25, 0.3) is 22.3 Å². The summed E-state index contributed by atoms with van der Waals surface area (Å²) in [5.74, 6) is 1.31. The second-order valence-electron chi connectivity index (χ2n) is 10.7. The first-order valence-electron chi connectivity index (χ1n) is 12.6. The zero-order valence-electron chi connectivity index (χ0n) is 21.7. The summed E-state index contributed by atoms with van der Waals surface area (Å²) < 4.78 is 1.65. The van der Waals surface area contributed by atoms with E-state index in [1.54, 1.807) is 11.0 Å². The standard InChI is InChI=1S/C25H28N12O/c1-14-21(15(2)37-24(35(14)4)31-32-33-37)23(38)28-16-5-6-18-17(7-16)22(30-29-18)19-8-20(27-13-26-19)36-11-25(12-36)9-34(3)10-25/h5-8,13,15H,9-12H2,1-4H3,(H,28,38)(H,29,30)/t15-/m1/s1. The molecule has 2 fully saturated rings. The molecule has 2 saturated heterocycles. The largest absolute Gasteiger partial charge is 0.355 e. The number of amides is 1. The number of hydrogen-bond acceptors (Lipinski definition) is 10. The quantitative estimate of drug-likeness (QED) is 0.415. The van der Waals surface area contributed by atoms with Crippen LogP contribution in [-0.4, -0.2) is 91.5 Å². The summed E-state index contributed by atoms with van der Waals surface area (Å²) in [7, 11) is 4.01. The van der Waals surface area contributed by atoms with Crippen molar-refractivity contribution < 1.29 is 4.79 Å². The number of likely N-dealkylation sites (tertiary alicyclic amines) is 1. The molecule has 0 bridgehead atoms. The topological polar surface area (TPSA) is 137 Å². The van der Waals surface area contributed by atoms with E-state index in [0.717, 1.165) is 60.0 Å². The number of H-pyrrole nitrogens is 1. The molecule has 1 amide bonds. The number of rotatable bonds is 4. The van der Waals surface area contributed by atoms with Gasteiger partial charge in [-0.15, -0.1) is 0 Å². The van der Waals surface area contributed by atoms with Gasteiger partial charge in [-0.25, -0.2) is 14.6 Å². The zero-order valence-corrected chi connectivity index (χ0v) is 21.7. The number of tetrazole rings is 1. The van der Waals surface area contributed by atoms with Crippen LogP contribution in [0.2, 0.25) is 0 Å². The lowest BCUT2D eigenvalue weighted by atomic mass is 9.73. The molecular formula is C25H28N12O. The predicted molar refractivity (Wildman–Crippen MR) is 142 cm³/mol. The fourth-order valence-corrected chi connectivity index (χ4v) is 6.13. The van der Waals surface area contributed by atoms with Crippen molar-refractivity contribution in [3.05, 3.63) is 41.9 Å². The molecule has 3 aromatic heterocycles. The molecule has 0 radical (unpaired) electrons. The summed E-state index contributed by atoms with van der Waals surface area (Å²) in [6, 6.07) is 7.38. The highest BCUT2D eigenvalue weighted by Crippen LogP contribution is 2.41. The minimum atomic E-state index is -0.301. The van der Waals surface area contributed by atoms with Crippen molar-refractivity contribution in [1.29, 1.82) is 0 Å². The molecule has 0 saturated carbocycles. The smallest absolute Gasteiger partial charge is 0.255 e. The lowest BCUT2D eigenvalue weighted by molar-refractivity contribution is -0.113. The molecule has 2 N–H and O–H groups in total. The molecule has 13 heteroatoms. The maximum atomic E-state index is 13.4. The van der Waals surface area contributed by atoms with Crippen LogP contribution in [0.3, 0.4) is 0 Å². The third-order valence-corrected chi connectivity index (χ3v) is 8.00. The number of anilines is 3. The SMILES string of the molecule is CC1=C(C(=O)Nc2ccc3[nH]nc(-c4cc(N5CC6(CN(C)C6)C5)ncn4)c3c2)[C@@H](C)n2nnnc2N1C. The summed E-state index contributed by atoms with van der Waals surface area (Å²) in [5.41, 5.74) is 4.80. The summed E-state index contributed by atoms with van der Waals surface area (Å²) in [6.45, 7) is 8.13. The number of aromatic amines is 1. The van der Waals surface area contributed by atoms with Crippen molar-refractivity contribution >= 4 is 34.3 Å². The molecule has 4 aromatic rings. The highest BCUT2D eigenvalue weighted by Gasteiger charge is 2.50. The molecule has 38 heavy (non-hydrogen) atoms. The molecule has 1 aromatic carbocycles. The lowest BCUT2D eigenvalue weighted by Crippen LogP contribution is -2.71. The van der Waals surface area contributed by atoms with E-state index in [4.69, 9.17) is 0 Å². The van der Waals surface area contributed by atoms with Crippen LogP contribution in [0.5, 0.6) is 0 Å². The molecule has 1 atom stereocenters. The number of allylic oxidation sites excluding steroid dienone is 1. The Labute approximate surface area is 218 Å². The van der Waals surface area contributed by atoms with Gasteiger partial charge in [-0.3, -0.25) is 9.89 Å². The number of hydrogen-bond donors (Lipinski definition) is 2. The van der Waals surface area contributed by atoms with Gasteiger partial charge in [-0.2, -0.15) is 5.10 Å². The highest BCUT2D eigenvalue weighted by molar-refractivity contribution is 6.07. The van der Waals surface area contributed by atoms with Crippen molar-refractivity contribution in [2.45, 2.75) is 19.9 Å². The van der Waals surface area contributed by atoms with Gasteiger partial charge in [0.05, 0.1) is 22.8 Å². The Kier molecular flexibility index (Phi) is 4.83. The van der Waals surface area contributed by atoms with Gasteiger partial charge in [0.1, 0.15) is 17.8 Å². The molecule has 0 aliphatic carbocycles. The Hall–Kier alpha value is -4.39. The second-order valence-corrected chi connectivity index (χ2v) is 10.7. The zero-order chi connectivity index (χ0) is 26.2. The van der Waals surface area contributed by atoms with Crippen LogP contribution in [0, 0.1) is 5.41 Å². The Morgan fingerprint density at radius 3 is 2.74 bits per heavy atom. The normalized spacial score (nSPS) is 20.5. The van der Waals surface area contributed by atoms with Crippen molar-refractivity contribution in [1.82, 2.24) is 45.3 Å². The van der Waals surface area contributed by atoms with Crippen LogP contribution in [0.1, 0.15) is 19.9 Å². The summed E-state index contributed by atoms with van der Waals surface area (Å²) >= 11 is 0. The average molecular weight is 513 g/mol. The molecule has 1 spiro atoms. The number of nitrogens with one attached hydrogen (secondary N) is 2. The van der Waals surface area contributed by atoms with Crippen LogP contribution >= 0.6 is 0 Å². The minimum Gasteiger partial charge on any atom is -0.355 e. The molecule has 6 heterocycles. The highest BCUT2D eigenvalue weighted by atomic mass is 16.1. The number of fused-ring (bicyclic) bond motifs is 2. The molecule has 13 nitrogen and oxygen atoms in total. The summed E-state index contributed by atoms with van der Waals surface area (Å²) in [5, 5.41) is 23.4. The first-order valence-corrected chi connectivity index (χ1v) is 12.6. The molecule has 194 valence electrons. The maximum absolute atomic E-state index is 13.4. The van der Waals surface area contributed by atoms with Gasteiger partial charge in [0.15, 0.2) is 0 Å². The maximum Gasteiger partial charge on any atom is 0.255 e. The number of nitrogens with zero attached hydrogens (tertiary/aromatic N) is 10. The fourth-order valence-electron chi connectivity index (χ4n) is 6.13. The summed E-state index contributed by atoms with van der Waals surface area (Å²) in [4.78, 5) is 28.9. The van der Waals surface area contributed by atoms with Crippen molar-refractivity contribution in [2.24, 2.45) is 5.41 Å². The number of carbonyl (C=O) groups is 1. The van der Waals surface area contributed by atoms with Crippen molar-refractivity contribution in [3.63, 3.8) is 0 Å². The van der Waals surface area contributed by atoms with Gasteiger partial charge in [0.25, 0.3) is 5.91 Å². The van der Waals surface area contributed by atoms with Crippen LogP contribution in [-0.2, 0) is 4.79 Å². The Morgan fingerprint density at radius 2 is 1.95 bits per heavy atom. The molecule has 7 rings (SSSR count). The van der Waals surface area contributed by atoms with Gasteiger partial charge >= 0.3 is 0 Å². The number of carbonyl (C=O) groups excluding carboxylic acids is 1. The van der Waals surface area contributed by atoms with E-state index in [1.807, 2.05) is 50.1 Å². The van der Waals surface area contributed by atoms with Crippen molar-refractivity contribution in [2.75, 3.05) is 55.4 Å². The second kappa shape index (κ2) is 8.05. The number of benzene rings is 1. The Balaban J connectivity index is 1.15. The summed E-state index contributed by atoms with van der Waals surface area (Å²) in [6.07, 6.45) is 1.60. The van der Waals surface area contributed by atoms with Crippen molar-refractivity contribution in [3.8, 4) is 11.4 Å². The Bertz CT molecular complexity index is 1610. The van der Waals surface area contributed by atoms with E-state index in [2.05, 4.69) is 57.9 Å². The van der Waals surface area contributed by atoms with E-state index in [9.17, 15) is 4.79 Å². The fraction of sp³-hybridized carbons (Fsp3) is 0.400. The van der Waals surface area contributed by atoms with Gasteiger partial charge in [-0.05, 0) is 49.5 Å². The van der Waals surface area contributed by atoms with E-state index in [1.165, 1.54) is 0 Å².